The van der Waals surface area contributed by atoms with E-state index in [-0.39, 0.29) is 5.71 Å². The highest BCUT2D eigenvalue weighted by Crippen LogP contribution is 2.09. The molecule has 0 fully saturated rings. The largest absolute Gasteiger partial charge is 0.460 e. The van der Waals surface area contributed by atoms with Gasteiger partial charge in [0.1, 0.15) is 0 Å². The Bertz CT molecular complexity index is 764. The van der Waals surface area contributed by atoms with Crippen LogP contribution in [-0.4, -0.2) is 23.6 Å². The highest BCUT2D eigenvalue weighted by atomic mass is 16.5. The minimum Gasteiger partial charge on any atom is -0.460 e. The zero-order valence-corrected chi connectivity index (χ0v) is 11.4. The first-order valence-electron chi connectivity index (χ1n) is 6.23. The van der Waals surface area contributed by atoms with Crippen molar-refractivity contribution in [2.75, 3.05) is 7.11 Å². The maximum Gasteiger partial charge on any atom is 0.422 e. The minimum absolute atomic E-state index is 0.171. The summed E-state index contributed by atoms with van der Waals surface area (Å²) in [6, 6.07) is 16.4. The van der Waals surface area contributed by atoms with E-state index in [1.54, 1.807) is 24.3 Å². The SMILES string of the molecule is COC(=O)C(=[N+]=[N-])c1ccccc1C#Cc1ccccc1. The van der Waals surface area contributed by atoms with E-state index in [1.807, 2.05) is 30.3 Å². The number of carbonyl (C=O) groups is 1. The van der Waals surface area contributed by atoms with E-state index in [4.69, 9.17) is 5.53 Å². The van der Waals surface area contributed by atoms with Crippen molar-refractivity contribution in [1.82, 2.24) is 0 Å². The van der Waals surface area contributed by atoms with E-state index < -0.39 is 5.97 Å². The van der Waals surface area contributed by atoms with Crippen molar-refractivity contribution in [2.45, 2.75) is 0 Å². The number of benzene rings is 2. The third kappa shape index (κ3) is 3.44. The molecule has 4 nitrogen and oxygen atoms in total. The lowest BCUT2D eigenvalue weighted by Crippen LogP contribution is -2.19. The third-order valence-electron chi connectivity index (χ3n) is 2.78. The summed E-state index contributed by atoms with van der Waals surface area (Å²) < 4.78 is 4.60. The smallest absolute Gasteiger partial charge is 0.422 e. The summed E-state index contributed by atoms with van der Waals surface area (Å²) in [5.41, 5.74) is 10.7. The topological polar surface area (TPSA) is 62.7 Å². The molecule has 0 saturated heterocycles. The molecule has 0 amide bonds. The Morgan fingerprint density at radius 2 is 1.71 bits per heavy atom. The molecule has 0 aromatic heterocycles. The molecular weight excluding hydrogens is 264 g/mol. The standard InChI is InChI=1S/C17H12N2O2/c1-21-17(20)16(19-18)15-10-6-5-9-14(15)12-11-13-7-3-2-4-8-13/h2-10H,1H3. The molecule has 2 aromatic rings. The molecule has 0 N–H and O–H groups in total. The van der Waals surface area contributed by atoms with Crippen molar-refractivity contribution >= 4 is 11.7 Å². The second-order valence-corrected chi connectivity index (χ2v) is 4.10. The van der Waals surface area contributed by atoms with Gasteiger partial charge in [-0.15, -0.1) is 0 Å². The highest BCUT2D eigenvalue weighted by Gasteiger charge is 2.25. The van der Waals surface area contributed by atoms with Crippen LogP contribution in [0.25, 0.3) is 5.53 Å². The Kier molecular flexibility index (Phi) is 4.66. The lowest BCUT2D eigenvalue weighted by Gasteiger charge is -1.98. The van der Waals surface area contributed by atoms with E-state index in [9.17, 15) is 4.79 Å². The molecule has 102 valence electrons. The summed E-state index contributed by atoms with van der Waals surface area (Å²) in [5.74, 6) is 5.26. The van der Waals surface area contributed by atoms with Crippen LogP contribution in [0, 0.1) is 11.8 Å². The number of carbonyl (C=O) groups excluding carboxylic acids is 1. The molecule has 0 unspecified atom stereocenters. The summed E-state index contributed by atoms with van der Waals surface area (Å²) in [4.78, 5) is 14.6. The molecule has 0 aliphatic rings. The van der Waals surface area contributed by atoms with Crippen LogP contribution in [0.1, 0.15) is 16.7 Å². The Balaban J connectivity index is 2.46. The zero-order valence-electron chi connectivity index (χ0n) is 11.4. The Morgan fingerprint density at radius 3 is 2.38 bits per heavy atom. The van der Waals surface area contributed by atoms with E-state index in [1.165, 1.54) is 7.11 Å². The Hall–Kier alpha value is -3.15. The first-order chi connectivity index (χ1) is 10.3. The number of esters is 1. The number of hydrogen-bond donors (Lipinski definition) is 0. The average molecular weight is 276 g/mol. The molecule has 0 aliphatic heterocycles. The second-order valence-electron chi connectivity index (χ2n) is 4.10. The summed E-state index contributed by atoms with van der Waals surface area (Å²) in [7, 11) is 1.23. The van der Waals surface area contributed by atoms with Crippen molar-refractivity contribution in [3.63, 3.8) is 0 Å². The van der Waals surface area contributed by atoms with E-state index in [0.717, 1.165) is 5.56 Å². The number of nitrogens with zero attached hydrogens (tertiary/aromatic N) is 2. The number of methoxy groups -OCH3 is 1. The lowest BCUT2D eigenvalue weighted by molar-refractivity contribution is -0.137. The molecule has 0 atom stereocenters. The number of hydrogen-bond acceptors (Lipinski definition) is 2. The third-order valence-corrected chi connectivity index (χ3v) is 2.78. The van der Waals surface area contributed by atoms with E-state index in [0.29, 0.717) is 11.1 Å². The molecule has 0 bridgehead atoms. The van der Waals surface area contributed by atoms with Gasteiger partial charge in [0, 0.05) is 11.1 Å². The van der Waals surface area contributed by atoms with Crippen LogP contribution in [0.4, 0.5) is 0 Å². The van der Waals surface area contributed by atoms with Crippen LogP contribution in [0.15, 0.2) is 54.6 Å². The van der Waals surface area contributed by atoms with Crippen LogP contribution < -0.4 is 0 Å². The van der Waals surface area contributed by atoms with Crippen LogP contribution in [0.5, 0.6) is 0 Å². The van der Waals surface area contributed by atoms with Gasteiger partial charge in [0.05, 0.1) is 12.7 Å². The maximum atomic E-state index is 11.6. The molecule has 0 saturated carbocycles. The van der Waals surface area contributed by atoms with Gasteiger partial charge in [-0.3, -0.25) is 0 Å². The van der Waals surface area contributed by atoms with Crippen LogP contribution in [0.3, 0.4) is 0 Å². The number of rotatable bonds is 2. The van der Waals surface area contributed by atoms with Crippen LogP contribution in [0.2, 0.25) is 0 Å². The molecule has 2 aromatic carbocycles. The van der Waals surface area contributed by atoms with Crippen molar-refractivity contribution in [3.05, 3.63) is 76.8 Å². The molecule has 0 aliphatic carbocycles. The van der Waals surface area contributed by atoms with Crippen molar-refractivity contribution in [2.24, 2.45) is 0 Å². The monoisotopic (exact) mass is 276 g/mol. The summed E-state index contributed by atoms with van der Waals surface area (Å²) >= 11 is 0. The second kappa shape index (κ2) is 6.85. The quantitative estimate of drug-likeness (QED) is 0.278. The van der Waals surface area contributed by atoms with E-state index in [2.05, 4.69) is 21.4 Å². The van der Waals surface area contributed by atoms with Gasteiger partial charge in [-0.05, 0) is 24.3 Å². The van der Waals surface area contributed by atoms with Gasteiger partial charge in [-0.25, -0.2) is 4.79 Å². The lowest BCUT2D eigenvalue weighted by atomic mass is 10.0. The molecule has 4 heteroatoms. The maximum absolute atomic E-state index is 11.6. The van der Waals surface area contributed by atoms with Gasteiger partial charge in [0.15, 0.2) is 0 Å². The predicted octanol–water partition coefficient (Wildman–Crippen LogP) is 2.28. The molecule has 21 heavy (non-hydrogen) atoms. The van der Waals surface area contributed by atoms with Gasteiger partial charge in [0.25, 0.3) is 0 Å². The fourth-order valence-electron chi connectivity index (χ4n) is 1.76. The Morgan fingerprint density at radius 1 is 1.05 bits per heavy atom. The first kappa shape index (κ1) is 14.3. The first-order valence-corrected chi connectivity index (χ1v) is 6.23. The van der Waals surface area contributed by atoms with Gasteiger partial charge < -0.3 is 10.3 Å². The number of ether oxygens (including phenoxy) is 1. The molecule has 0 radical (unpaired) electrons. The van der Waals surface area contributed by atoms with Crippen LogP contribution in [-0.2, 0) is 9.53 Å². The van der Waals surface area contributed by atoms with Gasteiger partial charge in [-0.1, -0.05) is 42.2 Å². The van der Waals surface area contributed by atoms with Crippen molar-refractivity contribution < 1.29 is 14.3 Å². The highest BCUT2D eigenvalue weighted by molar-refractivity contribution is 6.41. The van der Waals surface area contributed by atoms with Crippen LogP contribution >= 0.6 is 0 Å². The fourth-order valence-corrected chi connectivity index (χ4v) is 1.76. The molecule has 0 heterocycles. The van der Waals surface area contributed by atoms with E-state index >= 15 is 0 Å². The average Bonchev–Trinajstić information content (AvgIpc) is 2.55. The van der Waals surface area contributed by atoms with Gasteiger partial charge in [0.2, 0.25) is 0 Å². The van der Waals surface area contributed by atoms with Crippen molar-refractivity contribution in [1.29, 1.82) is 0 Å². The fraction of sp³-hybridized carbons (Fsp3) is 0.0588. The summed E-state index contributed by atoms with van der Waals surface area (Å²) in [5, 5.41) is 0. The van der Waals surface area contributed by atoms with Gasteiger partial charge >= 0.3 is 11.7 Å². The summed E-state index contributed by atoms with van der Waals surface area (Å²) in [6.07, 6.45) is 0. The molecule has 0 spiro atoms. The van der Waals surface area contributed by atoms with Crippen molar-refractivity contribution in [3.8, 4) is 11.8 Å². The zero-order chi connectivity index (χ0) is 15.1. The normalized spacial score (nSPS) is 9.00. The summed E-state index contributed by atoms with van der Waals surface area (Å²) in [6.45, 7) is 0. The molecule has 2 rings (SSSR count). The Labute approximate surface area is 122 Å². The van der Waals surface area contributed by atoms with Gasteiger partial charge in [-0.2, -0.15) is 4.79 Å². The molecular formula is C17H12N2O2. The minimum atomic E-state index is -0.716. The predicted molar refractivity (Wildman–Crippen MR) is 78.6 cm³/mol.